The van der Waals surface area contributed by atoms with E-state index in [0.29, 0.717) is 0 Å². The molecule has 0 saturated carbocycles. The number of hydrogen-bond donors (Lipinski definition) is 0. The Morgan fingerprint density at radius 3 is 0.980 bits per heavy atom. The van der Waals surface area contributed by atoms with E-state index in [0.717, 1.165) is 33.3 Å². The number of hydrogen-bond acceptors (Lipinski definition) is 6. The van der Waals surface area contributed by atoms with E-state index in [4.69, 9.17) is 18.3 Å². The van der Waals surface area contributed by atoms with Gasteiger partial charge in [-0.25, -0.2) is 0 Å². The molecule has 1 aliphatic heterocycles. The van der Waals surface area contributed by atoms with Crippen LogP contribution in [0.3, 0.4) is 0 Å². The standard InChI is InChI=1S/C41H50O6Si2/c1-39(2,3)48(31-21-13-9-14-22-31,32-23-15-10-16-24-32)46-35(29-42)37-38(45-41(7,8)44-37)36(30-43)47-49(40(4,5)6,33-25-17-11-18-26-33)34-27-19-12-20-28-34/h9-30,35-38H,1-8H3/t35-,36-,37-,38-/m1/s1. The van der Waals surface area contributed by atoms with Gasteiger partial charge in [-0.15, -0.1) is 0 Å². The molecule has 8 heteroatoms. The zero-order valence-corrected chi connectivity index (χ0v) is 32.0. The van der Waals surface area contributed by atoms with Crippen molar-refractivity contribution in [2.75, 3.05) is 0 Å². The third-order valence-corrected chi connectivity index (χ3v) is 19.6. The summed E-state index contributed by atoms with van der Waals surface area (Å²) >= 11 is 0. The average Bonchev–Trinajstić information content (AvgIpc) is 3.41. The summed E-state index contributed by atoms with van der Waals surface area (Å²) in [5.41, 5.74) is 0. The van der Waals surface area contributed by atoms with Gasteiger partial charge in [-0.3, -0.25) is 0 Å². The van der Waals surface area contributed by atoms with Gasteiger partial charge < -0.3 is 27.9 Å². The Balaban J connectivity index is 1.64. The molecule has 0 N–H and O–H groups in total. The summed E-state index contributed by atoms with van der Waals surface area (Å²) in [5, 5.41) is 3.35. The first kappa shape index (κ1) is 36.8. The number of ether oxygens (including phenoxy) is 2. The second-order valence-corrected chi connectivity index (χ2v) is 23.8. The van der Waals surface area contributed by atoms with Crippen molar-refractivity contribution in [3.63, 3.8) is 0 Å². The largest absolute Gasteiger partial charge is 0.395 e. The van der Waals surface area contributed by atoms with Gasteiger partial charge in [0.1, 0.15) is 37.0 Å². The maximum atomic E-state index is 13.4. The number of aldehydes is 2. The Labute approximate surface area is 294 Å². The fourth-order valence-corrected chi connectivity index (χ4v) is 16.7. The van der Waals surface area contributed by atoms with E-state index in [1.165, 1.54) is 0 Å². The maximum absolute atomic E-state index is 13.4. The van der Waals surface area contributed by atoms with Crippen LogP contribution in [0.25, 0.3) is 0 Å². The van der Waals surface area contributed by atoms with E-state index < -0.39 is 56.9 Å². The normalized spacial score (nSPS) is 19.6. The van der Waals surface area contributed by atoms with Crippen molar-refractivity contribution in [3.05, 3.63) is 121 Å². The van der Waals surface area contributed by atoms with Gasteiger partial charge in [0.15, 0.2) is 5.79 Å². The lowest BCUT2D eigenvalue weighted by Crippen LogP contribution is -2.70. The highest BCUT2D eigenvalue weighted by Crippen LogP contribution is 2.42. The summed E-state index contributed by atoms with van der Waals surface area (Å²) in [6, 6.07) is 40.6. The molecule has 0 bridgehead atoms. The van der Waals surface area contributed by atoms with Crippen molar-refractivity contribution in [1.29, 1.82) is 0 Å². The Bertz CT molecular complexity index is 1460. The van der Waals surface area contributed by atoms with Crippen molar-refractivity contribution in [2.24, 2.45) is 0 Å². The third kappa shape index (κ3) is 7.08. The lowest BCUT2D eigenvalue weighted by Gasteiger charge is -2.46. The van der Waals surface area contributed by atoms with Crippen molar-refractivity contribution < 1.29 is 27.9 Å². The van der Waals surface area contributed by atoms with E-state index in [9.17, 15) is 9.59 Å². The molecule has 0 radical (unpaired) electrons. The molecule has 0 aliphatic carbocycles. The second-order valence-electron chi connectivity index (χ2n) is 15.3. The Morgan fingerprint density at radius 1 is 0.531 bits per heavy atom. The van der Waals surface area contributed by atoms with Crippen LogP contribution in [-0.4, -0.2) is 59.4 Å². The summed E-state index contributed by atoms with van der Waals surface area (Å²) in [5.74, 6) is -1.11. The quantitative estimate of drug-likeness (QED) is 0.138. The third-order valence-electron chi connectivity index (χ3n) is 9.54. The number of benzene rings is 4. The molecule has 5 rings (SSSR count). The molecule has 0 spiro atoms. The molecular weight excluding hydrogens is 645 g/mol. The van der Waals surface area contributed by atoms with Crippen LogP contribution in [0, 0.1) is 0 Å². The molecule has 6 nitrogen and oxygen atoms in total. The van der Waals surface area contributed by atoms with Crippen molar-refractivity contribution >= 4 is 50.0 Å². The molecule has 1 saturated heterocycles. The lowest BCUT2D eigenvalue weighted by atomic mass is 10.1. The molecule has 258 valence electrons. The van der Waals surface area contributed by atoms with Gasteiger partial charge in [0.05, 0.1) is 0 Å². The van der Waals surface area contributed by atoms with Crippen LogP contribution in [0.15, 0.2) is 121 Å². The van der Waals surface area contributed by atoms with Gasteiger partial charge in [0.25, 0.3) is 16.6 Å². The van der Waals surface area contributed by atoms with E-state index in [1.807, 2.05) is 72.8 Å². The molecule has 4 aromatic rings. The smallest absolute Gasteiger partial charge is 0.262 e. The van der Waals surface area contributed by atoms with E-state index in [2.05, 4.69) is 90.1 Å². The SMILES string of the molecule is CC1(C)O[C@H]([C@@H](C=O)O[Si](c2ccccc2)(c2ccccc2)C(C)(C)C)[C@@H]([C@@H](C=O)O[Si](c2ccccc2)(c2ccccc2)C(C)(C)C)O1. The molecule has 49 heavy (non-hydrogen) atoms. The van der Waals surface area contributed by atoms with Crippen molar-refractivity contribution in [1.82, 2.24) is 0 Å². The summed E-state index contributed by atoms with van der Waals surface area (Å²) in [4.78, 5) is 26.7. The lowest BCUT2D eigenvalue weighted by molar-refractivity contribution is -0.160. The predicted molar refractivity (Wildman–Crippen MR) is 201 cm³/mol. The second kappa shape index (κ2) is 14.4. The summed E-state index contributed by atoms with van der Waals surface area (Å²) in [6.45, 7) is 16.6. The first-order valence-electron chi connectivity index (χ1n) is 17.0. The fraction of sp³-hybridized carbons (Fsp3) is 0.366. The minimum Gasteiger partial charge on any atom is -0.395 e. The highest BCUT2D eigenvalue weighted by Gasteiger charge is 2.58. The zero-order chi connectivity index (χ0) is 35.5. The maximum Gasteiger partial charge on any atom is 0.262 e. The fourth-order valence-electron chi connectivity index (χ4n) is 7.46. The molecule has 0 amide bonds. The van der Waals surface area contributed by atoms with Gasteiger partial charge >= 0.3 is 0 Å². The average molecular weight is 695 g/mol. The van der Waals surface area contributed by atoms with Gasteiger partial charge in [0, 0.05) is 0 Å². The number of rotatable bonds is 12. The first-order chi connectivity index (χ1) is 23.2. The van der Waals surface area contributed by atoms with Crippen LogP contribution >= 0.6 is 0 Å². The van der Waals surface area contributed by atoms with Gasteiger partial charge in [-0.05, 0) is 44.7 Å². The van der Waals surface area contributed by atoms with Crippen LogP contribution in [0.2, 0.25) is 10.1 Å². The molecule has 4 atom stereocenters. The zero-order valence-electron chi connectivity index (χ0n) is 30.0. The monoisotopic (exact) mass is 694 g/mol. The van der Waals surface area contributed by atoms with Crippen LogP contribution in [0.1, 0.15) is 55.4 Å². The topological polar surface area (TPSA) is 71.1 Å². The van der Waals surface area contributed by atoms with E-state index >= 15 is 0 Å². The van der Waals surface area contributed by atoms with E-state index in [-0.39, 0.29) is 0 Å². The Kier molecular flexibility index (Phi) is 10.8. The predicted octanol–water partition coefficient (Wildman–Crippen LogP) is 5.79. The number of carbonyl (C=O) groups is 2. The summed E-state index contributed by atoms with van der Waals surface area (Å²) in [7, 11) is -6.38. The summed E-state index contributed by atoms with van der Waals surface area (Å²) in [6.07, 6.45) is -2.37. The van der Waals surface area contributed by atoms with Crippen LogP contribution in [0.5, 0.6) is 0 Å². The highest BCUT2D eigenvalue weighted by molar-refractivity contribution is 7.00. The number of carbonyl (C=O) groups excluding carboxylic acids is 2. The molecule has 0 unspecified atom stereocenters. The van der Waals surface area contributed by atoms with Crippen LogP contribution in [0.4, 0.5) is 0 Å². The van der Waals surface area contributed by atoms with Crippen molar-refractivity contribution in [2.45, 2.75) is 95.7 Å². The van der Waals surface area contributed by atoms with Crippen molar-refractivity contribution in [3.8, 4) is 0 Å². The highest BCUT2D eigenvalue weighted by atomic mass is 28.4. The molecule has 0 aromatic heterocycles. The minimum atomic E-state index is -3.19. The van der Waals surface area contributed by atoms with Crippen LogP contribution in [-0.2, 0) is 27.9 Å². The molecule has 4 aromatic carbocycles. The Morgan fingerprint density at radius 2 is 0.776 bits per heavy atom. The molecular formula is C41H50O6Si2. The molecule has 1 aliphatic rings. The molecule has 1 fully saturated rings. The Hall–Kier alpha value is -3.51. The first-order valence-corrected chi connectivity index (χ1v) is 20.9. The summed E-state index contributed by atoms with van der Waals surface area (Å²) < 4.78 is 27.7. The molecule has 1 heterocycles. The van der Waals surface area contributed by atoms with Gasteiger partial charge in [-0.1, -0.05) is 163 Å². The van der Waals surface area contributed by atoms with Crippen LogP contribution < -0.4 is 20.7 Å². The van der Waals surface area contributed by atoms with E-state index in [1.54, 1.807) is 13.8 Å². The van der Waals surface area contributed by atoms with Gasteiger partial charge in [0.2, 0.25) is 0 Å². The van der Waals surface area contributed by atoms with Gasteiger partial charge in [-0.2, -0.15) is 0 Å². The minimum absolute atomic E-state index is 0.392.